The molecule has 1 unspecified atom stereocenters. The van der Waals surface area contributed by atoms with Gasteiger partial charge in [-0.3, -0.25) is 10.2 Å². The summed E-state index contributed by atoms with van der Waals surface area (Å²) in [5, 5.41) is 0. The molecule has 1 aromatic rings. The Balaban J connectivity index is 2.22. The summed E-state index contributed by atoms with van der Waals surface area (Å²) in [5.74, 6) is -0.0541. The molecule has 0 aliphatic carbocycles. The number of benzene rings is 1. The summed E-state index contributed by atoms with van der Waals surface area (Å²) >= 11 is 0. The molecule has 82 valence electrons. The number of carbonyl (C=O) groups is 1. The maximum absolute atomic E-state index is 10.6. The van der Waals surface area contributed by atoms with Crippen molar-refractivity contribution < 1.29 is 4.79 Å². The van der Waals surface area contributed by atoms with E-state index in [1.807, 2.05) is 18.2 Å². The van der Waals surface area contributed by atoms with Crippen molar-refractivity contribution in [3.8, 4) is 0 Å². The maximum Gasteiger partial charge on any atom is 0.230 e. The van der Waals surface area contributed by atoms with Crippen LogP contribution in [0.15, 0.2) is 30.3 Å². The highest BCUT2D eigenvalue weighted by molar-refractivity contribution is 5.72. The van der Waals surface area contributed by atoms with E-state index in [0.29, 0.717) is 0 Å². The van der Waals surface area contributed by atoms with E-state index in [1.165, 1.54) is 12.5 Å². The minimum Gasteiger partial charge on any atom is -0.292 e. The number of amides is 1. The van der Waals surface area contributed by atoms with Crippen molar-refractivity contribution in [3.63, 3.8) is 0 Å². The Morgan fingerprint density at radius 2 is 2.00 bits per heavy atom. The molecule has 2 N–H and O–H groups in total. The van der Waals surface area contributed by atoms with Crippen molar-refractivity contribution in [2.24, 2.45) is 0 Å². The van der Waals surface area contributed by atoms with Gasteiger partial charge in [0.2, 0.25) is 5.91 Å². The first-order chi connectivity index (χ1) is 7.18. The number of carbonyl (C=O) groups excluding carboxylic acids is 1. The summed E-state index contributed by atoms with van der Waals surface area (Å²) in [6, 6.07) is 10.6. The second-order valence-corrected chi connectivity index (χ2v) is 3.75. The third-order valence-electron chi connectivity index (χ3n) is 2.20. The lowest BCUT2D eigenvalue weighted by Gasteiger charge is -2.13. The summed E-state index contributed by atoms with van der Waals surface area (Å²) < 4.78 is 0. The monoisotopic (exact) mass is 206 g/mol. The SMILES string of the molecule is CC(=O)NNC(C)CCc1ccccc1. The topological polar surface area (TPSA) is 41.1 Å². The third-order valence-corrected chi connectivity index (χ3v) is 2.20. The third kappa shape index (κ3) is 5.18. The van der Waals surface area contributed by atoms with Crippen molar-refractivity contribution in [1.82, 2.24) is 10.9 Å². The summed E-state index contributed by atoms with van der Waals surface area (Å²) in [7, 11) is 0. The second-order valence-electron chi connectivity index (χ2n) is 3.75. The Labute approximate surface area is 90.9 Å². The number of hydrogen-bond acceptors (Lipinski definition) is 2. The van der Waals surface area contributed by atoms with E-state index in [2.05, 4.69) is 29.9 Å². The van der Waals surface area contributed by atoms with Crippen LogP contribution in [0.3, 0.4) is 0 Å². The van der Waals surface area contributed by atoms with Crippen LogP contribution in [0.25, 0.3) is 0 Å². The van der Waals surface area contributed by atoms with Gasteiger partial charge in [-0.15, -0.1) is 0 Å². The van der Waals surface area contributed by atoms with Crippen LogP contribution in [0.2, 0.25) is 0 Å². The van der Waals surface area contributed by atoms with Crippen molar-refractivity contribution in [1.29, 1.82) is 0 Å². The van der Waals surface area contributed by atoms with Crippen LogP contribution in [-0.2, 0) is 11.2 Å². The molecule has 0 bridgehead atoms. The molecule has 0 heterocycles. The molecule has 15 heavy (non-hydrogen) atoms. The number of hydrazine groups is 1. The highest BCUT2D eigenvalue weighted by Gasteiger charge is 2.01. The Kier molecular flexibility index (Phi) is 4.84. The molecular formula is C12H18N2O. The van der Waals surface area contributed by atoms with E-state index >= 15 is 0 Å². The van der Waals surface area contributed by atoms with Crippen LogP contribution >= 0.6 is 0 Å². The molecule has 1 amide bonds. The Hall–Kier alpha value is -1.35. The molecule has 0 spiro atoms. The number of aryl methyl sites for hydroxylation is 1. The van der Waals surface area contributed by atoms with Gasteiger partial charge in [-0.1, -0.05) is 30.3 Å². The molecular weight excluding hydrogens is 188 g/mol. The lowest BCUT2D eigenvalue weighted by Crippen LogP contribution is -2.41. The summed E-state index contributed by atoms with van der Waals surface area (Å²) in [5.41, 5.74) is 6.87. The molecule has 3 nitrogen and oxygen atoms in total. The van der Waals surface area contributed by atoms with Gasteiger partial charge in [-0.2, -0.15) is 0 Å². The van der Waals surface area contributed by atoms with Gasteiger partial charge < -0.3 is 0 Å². The van der Waals surface area contributed by atoms with Crippen LogP contribution in [-0.4, -0.2) is 11.9 Å². The van der Waals surface area contributed by atoms with Crippen molar-refractivity contribution in [3.05, 3.63) is 35.9 Å². The fourth-order valence-electron chi connectivity index (χ4n) is 1.32. The molecule has 0 saturated heterocycles. The molecule has 1 aromatic carbocycles. The predicted octanol–water partition coefficient (Wildman–Crippen LogP) is 1.65. The molecule has 1 rings (SSSR count). The van der Waals surface area contributed by atoms with Crippen LogP contribution in [0.5, 0.6) is 0 Å². The summed E-state index contributed by atoms with van der Waals surface area (Å²) in [4.78, 5) is 10.6. The summed E-state index contributed by atoms with van der Waals surface area (Å²) in [6.45, 7) is 3.55. The molecule has 0 fully saturated rings. The van der Waals surface area contributed by atoms with Gasteiger partial charge >= 0.3 is 0 Å². The number of rotatable bonds is 5. The molecule has 0 aliphatic rings. The molecule has 3 heteroatoms. The number of hydrogen-bond donors (Lipinski definition) is 2. The standard InChI is InChI=1S/C12H18N2O/c1-10(13-14-11(2)15)8-9-12-6-4-3-5-7-12/h3-7,10,13H,8-9H2,1-2H3,(H,14,15). The average molecular weight is 206 g/mol. The molecule has 0 saturated carbocycles. The molecule has 0 aromatic heterocycles. The van der Waals surface area contributed by atoms with Gasteiger partial charge in [0, 0.05) is 13.0 Å². The second kappa shape index (κ2) is 6.19. The molecule has 0 radical (unpaired) electrons. The Morgan fingerprint density at radius 3 is 2.60 bits per heavy atom. The predicted molar refractivity (Wildman–Crippen MR) is 61.2 cm³/mol. The Bertz CT molecular complexity index is 298. The maximum atomic E-state index is 10.6. The van der Waals surface area contributed by atoms with Gasteiger partial charge in [-0.25, -0.2) is 5.43 Å². The van der Waals surface area contributed by atoms with E-state index in [4.69, 9.17) is 0 Å². The molecule has 0 aliphatic heterocycles. The van der Waals surface area contributed by atoms with E-state index in [-0.39, 0.29) is 11.9 Å². The van der Waals surface area contributed by atoms with Gasteiger partial charge in [0.1, 0.15) is 0 Å². The highest BCUT2D eigenvalue weighted by atomic mass is 16.2. The van der Waals surface area contributed by atoms with E-state index in [1.54, 1.807) is 0 Å². The van der Waals surface area contributed by atoms with Gasteiger partial charge in [0.15, 0.2) is 0 Å². The number of nitrogens with one attached hydrogen (secondary N) is 2. The van der Waals surface area contributed by atoms with E-state index in [9.17, 15) is 4.79 Å². The fourth-order valence-corrected chi connectivity index (χ4v) is 1.32. The van der Waals surface area contributed by atoms with Gasteiger partial charge in [0.05, 0.1) is 0 Å². The Morgan fingerprint density at radius 1 is 1.33 bits per heavy atom. The van der Waals surface area contributed by atoms with E-state index < -0.39 is 0 Å². The van der Waals surface area contributed by atoms with Gasteiger partial charge in [-0.05, 0) is 25.3 Å². The zero-order valence-corrected chi connectivity index (χ0v) is 9.29. The lowest BCUT2D eigenvalue weighted by atomic mass is 10.1. The van der Waals surface area contributed by atoms with Crippen LogP contribution in [0, 0.1) is 0 Å². The van der Waals surface area contributed by atoms with Crippen LogP contribution < -0.4 is 10.9 Å². The van der Waals surface area contributed by atoms with Crippen molar-refractivity contribution in [2.75, 3.05) is 0 Å². The normalized spacial score (nSPS) is 12.1. The lowest BCUT2D eigenvalue weighted by molar-refractivity contribution is -0.120. The highest BCUT2D eigenvalue weighted by Crippen LogP contribution is 2.04. The zero-order valence-electron chi connectivity index (χ0n) is 9.29. The first-order valence-electron chi connectivity index (χ1n) is 5.24. The smallest absolute Gasteiger partial charge is 0.230 e. The van der Waals surface area contributed by atoms with E-state index in [0.717, 1.165) is 12.8 Å². The largest absolute Gasteiger partial charge is 0.292 e. The van der Waals surface area contributed by atoms with Crippen LogP contribution in [0.1, 0.15) is 25.8 Å². The molecule has 1 atom stereocenters. The summed E-state index contributed by atoms with van der Waals surface area (Å²) in [6.07, 6.45) is 2.03. The minimum atomic E-state index is -0.0541. The van der Waals surface area contributed by atoms with Gasteiger partial charge in [0.25, 0.3) is 0 Å². The first-order valence-corrected chi connectivity index (χ1v) is 5.24. The first kappa shape index (κ1) is 11.7. The fraction of sp³-hybridized carbons (Fsp3) is 0.417. The van der Waals surface area contributed by atoms with Crippen LogP contribution in [0.4, 0.5) is 0 Å². The van der Waals surface area contributed by atoms with Crippen molar-refractivity contribution >= 4 is 5.91 Å². The average Bonchev–Trinajstić information content (AvgIpc) is 2.25. The van der Waals surface area contributed by atoms with Crippen molar-refractivity contribution in [2.45, 2.75) is 32.7 Å². The zero-order chi connectivity index (χ0) is 11.1. The quantitative estimate of drug-likeness (QED) is 0.719. The minimum absolute atomic E-state index is 0.0541.